The molecule has 0 bridgehead atoms. The second kappa shape index (κ2) is 5.36. The van der Waals surface area contributed by atoms with Crippen LogP contribution in [0.4, 0.5) is 5.82 Å². The molecular formula is C16H18N6. The van der Waals surface area contributed by atoms with Gasteiger partial charge in [-0.15, -0.1) is 0 Å². The highest BCUT2D eigenvalue weighted by atomic mass is 15.1. The van der Waals surface area contributed by atoms with Gasteiger partial charge in [0.25, 0.3) is 0 Å². The number of nitrogens with zero attached hydrogens (tertiary/aromatic N) is 4. The molecule has 3 aromatic rings. The lowest BCUT2D eigenvalue weighted by atomic mass is 10.1. The van der Waals surface area contributed by atoms with Crippen LogP contribution in [0.5, 0.6) is 0 Å². The van der Waals surface area contributed by atoms with Crippen LogP contribution in [-0.4, -0.2) is 31.7 Å². The minimum atomic E-state index is 0.581. The van der Waals surface area contributed by atoms with Gasteiger partial charge in [-0.05, 0) is 25.3 Å². The molecule has 2 N–H and O–H groups in total. The highest BCUT2D eigenvalue weighted by molar-refractivity contribution is 5.90. The lowest BCUT2D eigenvalue weighted by Gasteiger charge is -2.10. The molecule has 0 aromatic carbocycles. The van der Waals surface area contributed by atoms with E-state index in [0.717, 1.165) is 46.8 Å². The van der Waals surface area contributed by atoms with Crippen molar-refractivity contribution >= 4 is 16.7 Å². The summed E-state index contributed by atoms with van der Waals surface area (Å²) in [7, 11) is 0. The van der Waals surface area contributed by atoms with E-state index in [1.54, 1.807) is 12.4 Å². The van der Waals surface area contributed by atoms with Crippen LogP contribution < -0.4 is 5.32 Å². The predicted molar refractivity (Wildman–Crippen MR) is 85.7 cm³/mol. The quantitative estimate of drug-likeness (QED) is 0.756. The lowest BCUT2D eigenvalue weighted by Crippen LogP contribution is -2.05. The number of aromatic nitrogens is 5. The average molecular weight is 294 g/mol. The van der Waals surface area contributed by atoms with E-state index in [4.69, 9.17) is 4.98 Å². The van der Waals surface area contributed by atoms with Crippen LogP contribution in [-0.2, 0) is 0 Å². The molecule has 112 valence electrons. The van der Waals surface area contributed by atoms with Crippen LogP contribution in [0.25, 0.3) is 22.3 Å². The number of pyridine rings is 1. The fourth-order valence-corrected chi connectivity index (χ4v) is 2.64. The zero-order valence-electron chi connectivity index (χ0n) is 12.5. The van der Waals surface area contributed by atoms with Crippen molar-refractivity contribution in [3.05, 3.63) is 30.4 Å². The summed E-state index contributed by atoms with van der Waals surface area (Å²) in [6.07, 6.45) is 8.86. The molecule has 3 aromatic heterocycles. The molecule has 0 aliphatic heterocycles. The largest absolute Gasteiger partial charge is 0.369 e. The maximum atomic E-state index is 4.74. The average Bonchev–Trinajstić information content (AvgIpc) is 3.29. The van der Waals surface area contributed by atoms with Gasteiger partial charge in [-0.2, -0.15) is 5.10 Å². The Morgan fingerprint density at radius 3 is 3.00 bits per heavy atom. The summed E-state index contributed by atoms with van der Waals surface area (Å²) in [5.41, 5.74) is 3.02. The van der Waals surface area contributed by atoms with E-state index in [2.05, 4.69) is 32.4 Å². The van der Waals surface area contributed by atoms with Gasteiger partial charge in [0.05, 0.1) is 23.5 Å². The number of rotatable bonds is 5. The van der Waals surface area contributed by atoms with Gasteiger partial charge in [0, 0.05) is 29.7 Å². The highest BCUT2D eigenvalue weighted by Gasteiger charge is 2.29. The molecule has 6 heteroatoms. The number of H-pyrrole nitrogens is 1. The Balaban J connectivity index is 1.85. The maximum Gasteiger partial charge on any atom is 0.165 e. The summed E-state index contributed by atoms with van der Waals surface area (Å²) in [4.78, 5) is 13.6. The van der Waals surface area contributed by atoms with E-state index >= 15 is 0 Å². The molecule has 3 heterocycles. The monoisotopic (exact) mass is 294 g/mol. The molecule has 0 unspecified atom stereocenters. The third-order valence-corrected chi connectivity index (χ3v) is 3.94. The van der Waals surface area contributed by atoms with Crippen molar-refractivity contribution in [1.29, 1.82) is 0 Å². The Morgan fingerprint density at radius 1 is 1.27 bits per heavy atom. The van der Waals surface area contributed by atoms with Crippen LogP contribution in [0.3, 0.4) is 0 Å². The van der Waals surface area contributed by atoms with E-state index < -0.39 is 0 Å². The standard InChI is InChI=1S/C16H18N6/c1-2-6-18-15-11-5-7-17-9-13(11)20-16(21-15)12-8-19-22-14(12)10-3-4-10/h5,7-10H,2-4,6H2,1H3,(H,19,22)(H,18,20,21). The first-order valence-corrected chi connectivity index (χ1v) is 7.76. The van der Waals surface area contributed by atoms with E-state index in [0.29, 0.717) is 5.92 Å². The van der Waals surface area contributed by atoms with Gasteiger partial charge >= 0.3 is 0 Å². The normalized spacial score (nSPS) is 14.4. The van der Waals surface area contributed by atoms with Crippen molar-refractivity contribution in [2.45, 2.75) is 32.1 Å². The fourth-order valence-electron chi connectivity index (χ4n) is 2.64. The Morgan fingerprint density at radius 2 is 2.18 bits per heavy atom. The number of hydrogen-bond donors (Lipinski definition) is 2. The third kappa shape index (κ3) is 2.30. The summed E-state index contributed by atoms with van der Waals surface area (Å²) in [6.45, 7) is 3.02. The molecule has 22 heavy (non-hydrogen) atoms. The zero-order chi connectivity index (χ0) is 14.9. The van der Waals surface area contributed by atoms with Crippen LogP contribution in [0, 0.1) is 0 Å². The first kappa shape index (κ1) is 13.2. The van der Waals surface area contributed by atoms with Crippen molar-refractivity contribution in [3.8, 4) is 11.4 Å². The molecule has 1 saturated carbocycles. The maximum absolute atomic E-state index is 4.74. The second-order valence-electron chi connectivity index (χ2n) is 5.69. The first-order chi connectivity index (χ1) is 10.9. The van der Waals surface area contributed by atoms with Crippen molar-refractivity contribution < 1.29 is 0 Å². The van der Waals surface area contributed by atoms with E-state index in [1.165, 1.54) is 12.8 Å². The topological polar surface area (TPSA) is 79.4 Å². The van der Waals surface area contributed by atoms with Crippen molar-refractivity contribution in [2.75, 3.05) is 11.9 Å². The van der Waals surface area contributed by atoms with Crippen LogP contribution in [0.15, 0.2) is 24.7 Å². The summed E-state index contributed by atoms with van der Waals surface area (Å²) >= 11 is 0. The molecule has 1 fully saturated rings. The van der Waals surface area contributed by atoms with Gasteiger partial charge < -0.3 is 5.32 Å². The number of nitrogens with one attached hydrogen (secondary N) is 2. The minimum absolute atomic E-state index is 0.581. The Labute approximate surface area is 128 Å². The fraction of sp³-hybridized carbons (Fsp3) is 0.375. The van der Waals surface area contributed by atoms with Gasteiger partial charge in [-0.3, -0.25) is 10.1 Å². The smallest absolute Gasteiger partial charge is 0.165 e. The van der Waals surface area contributed by atoms with E-state index in [-0.39, 0.29) is 0 Å². The number of anilines is 1. The SMILES string of the molecule is CCCNc1nc(-c2cn[nH]c2C2CC2)nc2cnccc12. The van der Waals surface area contributed by atoms with Crippen LogP contribution in [0.1, 0.15) is 37.8 Å². The van der Waals surface area contributed by atoms with Gasteiger partial charge in [-0.1, -0.05) is 6.92 Å². The molecule has 4 rings (SSSR count). The van der Waals surface area contributed by atoms with Crippen molar-refractivity contribution in [1.82, 2.24) is 25.1 Å². The molecule has 1 aliphatic rings. The van der Waals surface area contributed by atoms with Gasteiger partial charge in [0.1, 0.15) is 5.82 Å². The summed E-state index contributed by atoms with van der Waals surface area (Å²) in [5, 5.41) is 11.7. The number of fused-ring (bicyclic) bond motifs is 1. The summed E-state index contributed by atoms with van der Waals surface area (Å²) < 4.78 is 0. The molecule has 0 saturated heterocycles. The predicted octanol–water partition coefficient (Wildman–Crippen LogP) is 3.11. The van der Waals surface area contributed by atoms with Crippen molar-refractivity contribution in [3.63, 3.8) is 0 Å². The number of aromatic amines is 1. The zero-order valence-corrected chi connectivity index (χ0v) is 12.5. The first-order valence-electron chi connectivity index (χ1n) is 7.76. The molecule has 0 spiro atoms. The molecular weight excluding hydrogens is 276 g/mol. The van der Waals surface area contributed by atoms with Gasteiger partial charge in [-0.25, -0.2) is 9.97 Å². The lowest BCUT2D eigenvalue weighted by molar-refractivity contribution is 0.961. The Hall–Kier alpha value is -2.50. The van der Waals surface area contributed by atoms with E-state index in [9.17, 15) is 0 Å². The highest BCUT2D eigenvalue weighted by Crippen LogP contribution is 2.42. The molecule has 0 radical (unpaired) electrons. The number of hydrogen-bond acceptors (Lipinski definition) is 5. The molecule has 0 amide bonds. The van der Waals surface area contributed by atoms with Gasteiger partial charge in [0.15, 0.2) is 5.82 Å². The summed E-state index contributed by atoms with van der Waals surface area (Å²) in [5.74, 6) is 2.17. The van der Waals surface area contributed by atoms with Gasteiger partial charge in [0.2, 0.25) is 0 Å². The second-order valence-corrected chi connectivity index (χ2v) is 5.69. The Bertz CT molecular complexity index is 805. The third-order valence-electron chi connectivity index (χ3n) is 3.94. The summed E-state index contributed by atoms with van der Waals surface area (Å²) in [6, 6.07) is 1.95. The van der Waals surface area contributed by atoms with E-state index in [1.807, 2.05) is 12.3 Å². The van der Waals surface area contributed by atoms with Crippen LogP contribution >= 0.6 is 0 Å². The molecule has 1 aliphatic carbocycles. The minimum Gasteiger partial charge on any atom is -0.369 e. The molecule has 6 nitrogen and oxygen atoms in total. The Kier molecular flexibility index (Phi) is 3.21. The van der Waals surface area contributed by atoms with Crippen molar-refractivity contribution in [2.24, 2.45) is 0 Å². The molecule has 0 atom stereocenters. The van der Waals surface area contributed by atoms with Crippen LogP contribution in [0.2, 0.25) is 0 Å².